The number of carbonyl (C=O) groups excluding carboxylic acids is 2. The topological polar surface area (TPSA) is 71.1 Å². The molecule has 0 N–H and O–H groups in total. The van der Waals surface area contributed by atoms with Crippen molar-refractivity contribution in [1.29, 1.82) is 0 Å². The molecule has 0 radical (unpaired) electrons. The van der Waals surface area contributed by atoms with Crippen molar-refractivity contribution in [2.75, 3.05) is 20.8 Å². The number of esters is 2. The lowest BCUT2D eigenvalue weighted by Crippen LogP contribution is -2.10. The van der Waals surface area contributed by atoms with E-state index >= 15 is 0 Å². The molecule has 0 amide bonds. The fourth-order valence-electron chi connectivity index (χ4n) is 2.18. The second-order valence-corrected chi connectivity index (χ2v) is 5.47. The standard InChI is InChI=1S/C20H22O6/c1-4-5-12-25-19(21)14-6-9-16(10-7-14)26-20(22)15-8-11-17(23-2)18(13-15)24-3/h6-11,13H,4-5,12H2,1-3H3. The summed E-state index contributed by atoms with van der Waals surface area (Å²) in [6.07, 6.45) is 1.78. The summed E-state index contributed by atoms with van der Waals surface area (Å²) in [4.78, 5) is 24.1. The Morgan fingerprint density at radius 3 is 2.12 bits per heavy atom. The number of benzene rings is 2. The highest BCUT2D eigenvalue weighted by Crippen LogP contribution is 2.28. The minimum absolute atomic E-state index is 0.325. The van der Waals surface area contributed by atoms with Gasteiger partial charge < -0.3 is 18.9 Å². The molecule has 2 aromatic carbocycles. The molecule has 26 heavy (non-hydrogen) atoms. The lowest BCUT2D eigenvalue weighted by Gasteiger charge is -2.10. The predicted octanol–water partition coefficient (Wildman–Crippen LogP) is 3.88. The Bertz CT molecular complexity index is 751. The van der Waals surface area contributed by atoms with Gasteiger partial charge in [0.05, 0.1) is 32.0 Å². The molecule has 0 unspecified atom stereocenters. The van der Waals surface area contributed by atoms with Crippen LogP contribution in [0.5, 0.6) is 17.2 Å². The molecule has 0 atom stereocenters. The van der Waals surface area contributed by atoms with Gasteiger partial charge in [-0.25, -0.2) is 9.59 Å². The number of ether oxygens (including phenoxy) is 4. The van der Waals surface area contributed by atoms with E-state index in [9.17, 15) is 9.59 Å². The van der Waals surface area contributed by atoms with Gasteiger partial charge in [0.15, 0.2) is 11.5 Å². The maximum atomic E-state index is 12.3. The zero-order valence-corrected chi connectivity index (χ0v) is 15.1. The Morgan fingerprint density at radius 2 is 1.50 bits per heavy atom. The van der Waals surface area contributed by atoms with Crippen molar-refractivity contribution in [2.45, 2.75) is 19.8 Å². The van der Waals surface area contributed by atoms with Crippen LogP contribution in [-0.2, 0) is 4.74 Å². The number of carbonyl (C=O) groups is 2. The van der Waals surface area contributed by atoms with Crippen LogP contribution in [0.2, 0.25) is 0 Å². The lowest BCUT2D eigenvalue weighted by atomic mass is 10.2. The quantitative estimate of drug-likeness (QED) is 0.405. The highest BCUT2D eigenvalue weighted by Gasteiger charge is 2.13. The first-order valence-corrected chi connectivity index (χ1v) is 8.30. The molecule has 0 bridgehead atoms. The van der Waals surface area contributed by atoms with Crippen LogP contribution >= 0.6 is 0 Å². The third-order valence-electron chi connectivity index (χ3n) is 3.65. The van der Waals surface area contributed by atoms with Crippen LogP contribution in [-0.4, -0.2) is 32.8 Å². The number of methoxy groups -OCH3 is 2. The van der Waals surface area contributed by atoms with Crippen molar-refractivity contribution in [3.05, 3.63) is 53.6 Å². The second-order valence-electron chi connectivity index (χ2n) is 5.47. The van der Waals surface area contributed by atoms with E-state index in [1.54, 1.807) is 42.5 Å². The smallest absolute Gasteiger partial charge is 0.343 e. The molecule has 0 saturated heterocycles. The van der Waals surface area contributed by atoms with E-state index in [0.717, 1.165) is 12.8 Å². The Labute approximate surface area is 152 Å². The van der Waals surface area contributed by atoms with Gasteiger partial charge in [0, 0.05) is 0 Å². The van der Waals surface area contributed by atoms with Gasteiger partial charge in [-0.05, 0) is 48.9 Å². The first-order chi connectivity index (χ1) is 12.6. The van der Waals surface area contributed by atoms with Crippen LogP contribution in [0.3, 0.4) is 0 Å². The molecular weight excluding hydrogens is 336 g/mol. The highest BCUT2D eigenvalue weighted by molar-refractivity contribution is 5.92. The largest absolute Gasteiger partial charge is 0.493 e. The van der Waals surface area contributed by atoms with Gasteiger partial charge in [0.25, 0.3) is 0 Å². The van der Waals surface area contributed by atoms with Crippen LogP contribution in [0.25, 0.3) is 0 Å². The van der Waals surface area contributed by atoms with Crippen LogP contribution in [0.1, 0.15) is 40.5 Å². The average Bonchev–Trinajstić information content (AvgIpc) is 2.68. The number of hydrogen-bond donors (Lipinski definition) is 0. The van der Waals surface area contributed by atoms with Crippen molar-refractivity contribution in [3.8, 4) is 17.2 Å². The summed E-state index contributed by atoms with van der Waals surface area (Å²) in [5.41, 5.74) is 0.734. The summed E-state index contributed by atoms with van der Waals surface area (Å²) in [7, 11) is 3.01. The molecule has 0 saturated carbocycles. The van der Waals surface area contributed by atoms with E-state index < -0.39 is 11.9 Å². The van der Waals surface area contributed by atoms with E-state index in [2.05, 4.69) is 0 Å². The molecule has 0 aliphatic carbocycles. The fourth-order valence-corrected chi connectivity index (χ4v) is 2.18. The maximum absolute atomic E-state index is 12.3. The molecule has 6 heteroatoms. The third kappa shape index (κ3) is 4.99. The molecule has 0 spiro atoms. The number of rotatable bonds is 8. The van der Waals surface area contributed by atoms with Gasteiger partial charge in [-0.3, -0.25) is 0 Å². The second kappa shape index (κ2) is 9.46. The lowest BCUT2D eigenvalue weighted by molar-refractivity contribution is 0.0499. The zero-order chi connectivity index (χ0) is 18.9. The van der Waals surface area contributed by atoms with Crippen molar-refractivity contribution >= 4 is 11.9 Å². The molecule has 138 valence electrons. The molecule has 0 fully saturated rings. The molecular formula is C20H22O6. The molecule has 2 rings (SSSR count). The van der Waals surface area contributed by atoms with Crippen molar-refractivity contribution < 1.29 is 28.5 Å². The maximum Gasteiger partial charge on any atom is 0.343 e. The Morgan fingerprint density at radius 1 is 0.846 bits per heavy atom. The van der Waals surface area contributed by atoms with Crippen molar-refractivity contribution in [3.63, 3.8) is 0 Å². The normalized spacial score (nSPS) is 10.1. The molecule has 6 nitrogen and oxygen atoms in total. The first-order valence-electron chi connectivity index (χ1n) is 8.30. The molecule has 2 aromatic rings. The van der Waals surface area contributed by atoms with Gasteiger partial charge in [-0.1, -0.05) is 13.3 Å². The monoisotopic (exact) mass is 358 g/mol. The van der Waals surface area contributed by atoms with E-state index in [-0.39, 0.29) is 0 Å². The Hall–Kier alpha value is -3.02. The number of unbranched alkanes of at least 4 members (excludes halogenated alkanes) is 1. The molecule has 0 heterocycles. The van der Waals surface area contributed by atoms with Crippen LogP contribution in [0.15, 0.2) is 42.5 Å². The van der Waals surface area contributed by atoms with Gasteiger partial charge in [-0.15, -0.1) is 0 Å². The summed E-state index contributed by atoms with van der Waals surface area (Å²) in [5, 5.41) is 0. The van der Waals surface area contributed by atoms with E-state index in [4.69, 9.17) is 18.9 Å². The number of hydrogen-bond acceptors (Lipinski definition) is 6. The van der Waals surface area contributed by atoms with Gasteiger partial charge >= 0.3 is 11.9 Å². The third-order valence-corrected chi connectivity index (χ3v) is 3.65. The summed E-state index contributed by atoms with van der Waals surface area (Å²) in [5.74, 6) is 0.359. The molecule has 0 aliphatic rings. The SMILES string of the molecule is CCCCOC(=O)c1ccc(OC(=O)c2ccc(OC)c(OC)c2)cc1. The summed E-state index contributed by atoms with van der Waals surface area (Å²) in [6.45, 7) is 2.42. The van der Waals surface area contributed by atoms with Gasteiger partial charge in [0.2, 0.25) is 0 Å². The average molecular weight is 358 g/mol. The van der Waals surface area contributed by atoms with Crippen LogP contribution < -0.4 is 14.2 Å². The summed E-state index contributed by atoms with van der Waals surface area (Å²) in [6, 6.07) is 11.0. The minimum atomic E-state index is -0.538. The van der Waals surface area contributed by atoms with E-state index in [1.165, 1.54) is 14.2 Å². The summed E-state index contributed by atoms with van der Waals surface area (Å²) >= 11 is 0. The summed E-state index contributed by atoms with van der Waals surface area (Å²) < 4.78 is 20.8. The zero-order valence-electron chi connectivity index (χ0n) is 15.1. The Balaban J connectivity index is 2.02. The predicted molar refractivity (Wildman–Crippen MR) is 96.1 cm³/mol. The van der Waals surface area contributed by atoms with E-state index in [1.807, 2.05) is 6.92 Å². The van der Waals surface area contributed by atoms with E-state index in [0.29, 0.717) is 35.0 Å². The molecule has 0 aromatic heterocycles. The highest BCUT2D eigenvalue weighted by atomic mass is 16.5. The van der Waals surface area contributed by atoms with Gasteiger partial charge in [-0.2, -0.15) is 0 Å². The van der Waals surface area contributed by atoms with Crippen LogP contribution in [0, 0.1) is 0 Å². The fraction of sp³-hybridized carbons (Fsp3) is 0.300. The van der Waals surface area contributed by atoms with Crippen molar-refractivity contribution in [1.82, 2.24) is 0 Å². The van der Waals surface area contributed by atoms with Gasteiger partial charge in [0.1, 0.15) is 5.75 Å². The minimum Gasteiger partial charge on any atom is -0.493 e. The first kappa shape index (κ1) is 19.3. The van der Waals surface area contributed by atoms with Crippen molar-refractivity contribution in [2.24, 2.45) is 0 Å². The molecule has 0 aliphatic heterocycles. The van der Waals surface area contributed by atoms with Crippen LogP contribution in [0.4, 0.5) is 0 Å². The Kier molecular flexibility index (Phi) is 7.02.